The standard InChI is InChI=1S/C19H32N4O.HI/c1-7-20-18(21-12-14(2)3)22-13-15-9-8-10-16(11-15)17(24)23-19(4,5)6;/h8-11,14H,7,12-13H2,1-6H3,(H,23,24)(H2,20,21,22);1H. The van der Waals surface area contributed by atoms with Gasteiger partial charge in [-0.15, -0.1) is 24.0 Å². The maximum atomic E-state index is 12.3. The summed E-state index contributed by atoms with van der Waals surface area (Å²) < 4.78 is 0. The number of nitrogens with one attached hydrogen (secondary N) is 3. The van der Waals surface area contributed by atoms with E-state index in [4.69, 9.17) is 0 Å². The SMILES string of the molecule is CCNC(=NCc1cccc(C(=O)NC(C)(C)C)c1)NCC(C)C.I. The highest BCUT2D eigenvalue weighted by Gasteiger charge is 2.15. The van der Waals surface area contributed by atoms with Crippen molar-refractivity contribution in [3.05, 3.63) is 35.4 Å². The lowest BCUT2D eigenvalue weighted by molar-refractivity contribution is 0.0919. The van der Waals surface area contributed by atoms with E-state index in [-0.39, 0.29) is 35.4 Å². The van der Waals surface area contributed by atoms with Crippen LogP contribution in [0.25, 0.3) is 0 Å². The van der Waals surface area contributed by atoms with Gasteiger partial charge in [-0.2, -0.15) is 0 Å². The maximum Gasteiger partial charge on any atom is 0.251 e. The number of hydrogen-bond donors (Lipinski definition) is 3. The first kappa shape index (κ1) is 23.7. The molecule has 0 fully saturated rings. The number of nitrogens with zero attached hydrogens (tertiary/aromatic N) is 1. The normalized spacial score (nSPS) is 11.7. The largest absolute Gasteiger partial charge is 0.357 e. The molecule has 0 aliphatic rings. The molecule has 1 aromatic rings. The summed E-state index contributed by atoms with van der Waals surface area (Å²) in [7, 11) is 0. The van der Waals surface area contributed by atoms with Crippen LogP contribution in [-0.2, 0) is 6.54 Å². The van der Waals surface area contributed by atoms with Crippen LogP contribution in [0.3, 0.4) is 0 Å². The van der Waals surface area contributed by atoms with Crippen molar-refractivity contribution < 1.29 is 4.79 Å². The molecule has 3 N–H and O–H groups in total. The van der Waals surface area contributed by atoms with Gasteiger partial charge < -0.3 is 16.0 Å². The summed E-state index contributed by atoms with van der Waals surface area (Å²) in [6.07, 6.45) is 0. The predicted octanol–water partition coefficient (Wildman–Crippen LogP) is 3.54. The molecule has 1 amide bonds. The Labute approximate surface area is 169 Å². The van der Waals surface area contributed by atoms with Crippen LogP contribution >= 0.6 is 24.0 Å². The third kappa shape index (κ3) is 10.3. The van der Waals surface area contributed by atoms with Gasteiger partial charge in [-0.25, -0.2) is 4.99 Å². The molecular weight excluding hydrogens is 427 g/mol. The number of carbonyl (C=O) groups excluding carboxylic acids is 1. The monoisotopic (exact) mass is 460 g/mol. The Kier molecular flexibility index (Phi) is 10.7. The van der Waals surface area contributed by atoms with Crippen molar-refractivity contribution in [1.82, 2.24) is 16.0 Å². The first-order chi connectivity index (χ1) is 11.2. The molecule has 0 aliphatic heterocycles. The van der Waals surface area contributed by atoms with Crippen LogP contribution in [0.15, 0.2) is 29.3 Å². The molecule has 1 aromatic carbocycles. The fourth-order valence-electron chi connectivity index (χ4n) is 2.04. The molecule has 0 bridgehead atoms. The van der Waals surface area contributed by atoms with Crippen molar-refractivity contribution >= 4 is 35.8 Å². The molecule has 0 atom stereocenters. The molecule has 142 valence electrons. The summed E-state index contributed by atoms with van der Waals surface area (Å²) in [5.74, 6) is 1.30. The average molecular weight is 460 g/mol. The molecule has 0 spiro atoms. The van der Waals surface area contributed by atoms with Gasteiger partial charge in [0.1, 0.15) is 0 Å². The van der Waals surface area contributed by atoms with Gasteiger partial charge in [-0.1, -0.05) is 26.0 Å². The Morgan fingerprint density at radius 2 is 1.88 bits per heavy atom. The summed E-state index contributed by atoms with van der Waals surface area (Å²) in [6.45, 7) is 14.5. The van der Waals surface area contributed by atoms with E-state index < -0.39 is 0 Å². The Balaban J connectivity index is 0.00000576. The first-order valence-electron chi connectivity index (χ1n) is 8.65. The van der Waals surface area contributed by atoms with Gasteiger partial charge in [0.25, 0.3) is 5.91 Å². The van der Waals surface area contributed by atoms with E-state index in [1.807, 2.05) is 52.0 Å². The Morgan fingerprint density at radius 1 is 1.20 bits per heavy atom. The fraction of sp³-hybridized carbons (Fsp3) is 0.579. The fourth-order valence-corrected chi connectivity index (χ4v) is 2.04. The Hall–Kier alpha value is -1.31. The van der Waals surface area contributed by atoms with Crippen LogP contribution in [-0.4, -0.2) is 30.5 Å². The quantitative estimate of drug-likeness (QED) is 0.346. The van der Waals surface area contributed by atoms with Gasteiger partial charge in [-0.3, -0.25) is 4.79 Å². The van der Waals surface area contributed by atoms with Crippen molar-refractivity contribution in [1.29, 1.82) is 0 Å². The zero-order valence-electron chi connectivity index (χ0n) is 16.3. The second-order valence-corrected chi connectivity index (χ2v) is 7.37. The van der Waals surface area contributed by atoms with Gasteiger partial charge >= 0.3 is 0 Å². The van der Waals surface area contributed by atoms with E-state index >= 15 is 0 Å². The minimum absolute atomic E-state index is 0. The Bertz CT molecular complexity index is 565. The van der Waals surface area contributed by atoms with Gasteiger partial charge in [0.05, 0.1) is 6.54 Å². The molecule has 25 heavy (non-hydrogen) atoms. The topological polar surface area (TPSA) is 65.5 Å². The van der Waals surface area contributed by atoms with E-state index in [2.05, 4.69) is 34.8 Å². The number of guanidine groups is 1. The van der Waals surface area contributed by atoms with Crippen molar-refractivity contribution in [2.45, 2.75) is 53.6 Å². The zero-order valence-corrected chi connectivity index (χ0v) is 18.6. The summed E-state index contributed by atoms with van der Waals surface area (Å²) >= 11 is 0. The Morgan fingerprint density at radius 3 is 2.44 bits per heavy atom. The van der Waals surface area contributed by atoms with Crippen LogP contribution < -0.4 is 16.0 Å². The second-order valence-electron chi connectivity index (χ2n) is 7.37. The lowest BCUT2D eigenvalue weighted by atomic mass is 10.1. The first-order valence-corrected chi connectivity index (χ1v) is 8.65. The smallest absolute Gasteiger partial charge is 0.251 e. The molecule has 6 heteroatoms. The molecule has 0 heterocycles. The lowest BCUT2D eigenvalue weighted by Gasteiger charge is -2.20. The van der Waals surface area contributed by atoms with E-state index in [1.165, 1.54) is 0 Å². The zero-order chi connectivity index (χ0) is 18.2. The molecule has 0 saturated carbocycles. The highest BCUT2D eigenvalue weighted by Crippen LogP contribution is 2.09. The number of aliphatic imine (C=N–C) groups is 1. The molecule has 0 aromatic heterocycles. The summed E-state index contributed by atoms with van der Waals surface area (Å²) in [5.41, 5.74) is 1.43. The molecule has 0 saturated heterocycles. The predicted molar refractivity (Wildman–Crippen MR) is 117 cm³/mol. The second kappa shape index (κ2) is 11.3. The minimum Gasteiger partial charge on any atom is -0.357 e. The molecule has 0 radical (unpaired) electrons. The van der Waals surface area contributed by atoms with Crippen molar-refractivity contribution in [3.8, 4) is 0 Å². The van der Waals surface area contributed by atoms with Gasteiger partial charge in [0.2, 0.25) is 0 Å². The van der Waals surface area contributed by atoms with E-state index in [9.17, 15) is 4.79 Å². The highest BCUT2D eigenvalue weighted by atomic mass is 127. The number of halogens is 1. The summed E-state index contributed by atoms with van der Waals surface area (Å²) in [5, 5.41) is 9.54. The van der Waals surface area contributed by atoms with Crippen molar-refractivity contribution in [3.63, 3.8) is 0 Å². The molecular formula is C19H33IN4O. The molecule has 1 rings (SSSR count). The van der Waals surface area contributed by atoms with Crippen LogP contribution in [0, 0.1) is 5.92 Å². The lowest BCUT2D eigenvalue weighted by Crippen LogP contribution is -2.40. The number of benzene rings is 1. The van der Waals surface area contributed by atoms with Gasteiger partial charge in [0, 0.05) is 24.2 Å². The summed E-state index contributed by atoms with van der Waals surface area (Å²) in [4.78, 5) is 16.9. The minimum atomic E-state index is -0.246. The number of rotatable bonds is 6. The summed E-state index contributed by atoms with van der Waals surface area (Å²) in [6, 6.07) is 7.62. The van der Waals surface area contributed by atoms with Gasteiger partial charge in [0.15, 0.2) is 5.96 Å². The van der Waals surface area contributed by atoms with Crippen molar-refractivity contribution in [2.24, 2.45) is 10.9 Å². The van der Waals surface area contributed by atoms with E-state index in [1.54, 1.807) is 0 Å². The maximum absolute atomic E-state index is 12.3. The van der Waals surface area contributed by atoms with Crippen LogP contribution in [0.1, 0.15) is 57.5 Å². The van der Waals surface area contributed by atoms with Gasteiger partial charge in [-0.05, 0) is 51.3 Å². The third-order valence-corrected chi connectivity index (χ3v) is 3.12. The highest BCUT2D eigenvalue weighted by molar-refractivity contribution is 14.0. The van der Waals surface area contributed by atoms with E-state index in [0.717, 1.165) is 24.6 Å². The molecule has 0 unspecified atom stereocenters. The van der Waals surface area contributed by atoms with Crippen LogP contribution in [0.5, 0.6) is 0 Å². The average Bonchev–Trinajstić information content (AvgIpc) is 2.48. The van der Waals surface area contributed by atoms with Crippen LogP contribution in [0.2, 0.25) is 0 Å². The van der Waals surface area contributed by atoms with Crippen LogP contribution in [0.4, 0.5) is 0 Å². The molecule has 5 nitrogen and oxygen atoms in total. The van der Waals surface area contributed by atoms with Crippen molar-refractivity contribution in [2.75, 3.05) is 13.1 Å². The third-order valence-electron chi connectivity index (χ3n) is 3.12. The van der Waals surface area contributed by atoms with E-state index in [0.29, 0.717) is 18.0 Å². The number of carbonyl (C=O) groups is 1. The number of amides is 1. The molecule has 0 aliphatic carbocycles. The number of hydrogen-bond acceptors (Lipinski definition) is 2.